The molecule has 0 fully saturated rings. The van der Waals surface area contributed by atoms with Crippen molar-refractivity contribution in [3.8, 4) is 27.6 Å². The lowest BCUT2D eigenvalue weighted by atomic mass is 10.1. The summed E-state index contributed by atoms with van der Waals surface area (Å²) in [5.41, 5.74) is 4.93. The summed E-state index contributed by atoms with van der Waals surface area (Å²) in [6.45, 7) is 2.06. The Morgan fingerprint density at radius 2 is 2.14 bits per heavy atom. The van der Waals surface area contributed by atoms with Gasteiger partial charge in [0.2, 0.25) is 0 Å². The van der Waals surface area contributed by atoms with E-state index in [2.05, 4.69) is 33.2 Å². The molecule has 3 aromatic heterocycles. The number of hydrogen-bond acceptors (Lipinski definition) is 5. The minimum atomic E-state index is 0.209. The quantitative estimate of drug-likeness (QED) is 0.591. The van der Waals surface area contributed by atoms with E-state index in [4.69, 9.17) is 0 Å². The molecule has 0 aliphatic heterocycles. The van der Waals surface area contributed by atoms with Gasteiger partial charge < -0.3 is 5.11 Å². The van der Waals surface area contributed by atoms with Crippen LogP contribution in [-0.2, 0) is 0 Å². The van der Waals surface area contributed by atoms with Crippen LogP contribution < -0.4 is 0 Å². The number of benzene rings is 1. The molecule has 108 valence electrons. The molecule has 0 aliphatic rings. The highest BCUT2D eigenvalue weighted by atomic mass is 32.1. The highest BCUT2D eigenvalue weighted by Crippen LogP contribution is 2.32. The molecule has 3 heterocycles. The van der Waals surface area contributed by atoms with Crippen molar-refractivity contribution in [3.05, 3.63) is 47.5 Å². The number of nitrogens with zero attached hydrogens (tertiary/aromatic N) is 3. The Kier molecular flexibility index (Phi) is 2.90. The molecule has 4 rings (SSSR count). The summed E-state index contributed by atoms with van der Waals surface area (Å²) in [4.78, 5) is 10.2. The van der Waals surface area contributed by atoms with Crippen LogP contribution in [0.1, 0.15) is 5.56 Å². The Morgan fingerprint density at radius 3 is 2.91 bits per heavy atom. The number of thiophene rings is 1. The van der Waals surface area contributed by atoms with E-state index in [-0.39, 0.29) is 5.75 Å². The first-order valence-corrected chi connectivity index (χ1v) is 7.65. The summed E-state index contributed by atoms with van der Waals surface area (Å²) >= 11 is 1.65. The third-order valence-electron chi connectivity index (χ3n) is 3.49. The van der Waals surface area contributed by atoms with Gasteiger partial charge >= 0.3 is 0 Å². The second kappa shape index (κ2) is 4.92. The third kappa shape index (κ3) is 2.05. The molecule has 0 spiro atoms. The van der Waals surface area contributed by atoms with Gasteiger partial charge in [-0.1, -0.05) is 12.1 Å². The van der Waals surface area contributed by atoms with Gasteiger partial charge in [0.25, 0.3) is 0 Å². The molecule has 0 saturated carbocycles. The molecule has 22 heavy (non-hydrogen) atoms. The van der Waals surface area contributed by atoms with Crippen molar-refractivity contribution < 1.29 is 5.11 Å². The van der Waals surface area contributed by atoms with Gasteiger partial charge in [-0.2, -0.15) is 5.10 Å². The molecule has 1 aromatic carbocycles. The number of phenolic OH excluding ortho intramolecular Hbond substituents is 1. The lowest BCUT2D eigenvalue weighted by molar-refractivity contribution is 0.475. The van der Waals surface area contributed by atoms with Gasteiger partial charge in [0.1, 0.15) is 17.0 Å². The van der Waals surface area contributed by atoms with Crippen molar-refractivity contribution >= 4 is 22.5 Å². The molecular formula is C16H12N4OS. The molecule has 4 aromatic rings. The fraction of sp³-hybridized carbons (Fsp3) is 0.0625. The second-order valence-electron chi connectivity index (χ2n) is 5.01. The Hall–Kier alpha value is -2.73. The SMILES string of the molecule is Cc1ccsc1-c1[nH]nc2ncc(-c3cccc(O)c3)nc12. The minimum Gasteiger partial charge on any atom is -0.508 e. The van der Waals surface area contributed by atoms with Crippen LogP contribution in [0.15, 0.2) is 41.9 Å². The van der Waals surface area contributed by atoms with Crippen molar-refractivity contribution in [2.75, 3.05) is 0 Å². The molecule has 2 N–H and O–H groups in total. The molecule has 0 amide bonds. The zero-order valence-corrected chi connectivity index (χ0v) is 12.6. The number of phenols is 1. The molecule has 0 unspecified atom stereocenters. The van der Waals surface area contributed by atoms with Gasteiger partial charge in [0.05, 0.1) is 16.8 Å². The standard InChI is InChI=1S/C16H12N4OS/c1-9-5-6-22-15(9)13-14-16(20-19-13)17-8-12(18-14)10-3-2-4-11(21)7-10/h2-8,21H,1H3,(H,17,19,20). The van der Waals surface area contributed by atoms with E-state index >= 15 is 0 Å². The topological polar surface area (TPSA) is 74.7 Å². The number of rotatable bonds is 2. The van der Waals surface area contributed by atoms with Crippen LogP contribution in [0.25, 0.3) is 33.0 Å². The normalized spacial score (nSPS) is 11.1. The van der Waals surface area contributed by atoms with Crippen LogP contribution in [0.5, 0.6) is 5.75 Å². The zero-order chi connectivity index (χ0) is 15.1. The van der Waals surface area contributed by atoms with Crippen LogP contribution >= 0.6 is 11.3 Å². The first kappa shape index (κ1) is 13.0. The predicted octanol–water partition coefficient (Wildman–Crippen LogP) is 3.76. The third-order valence-corrected chi connectivity index (χ3v) is 4.53. The highest BCUT2D eigenvalue weighted by molar-refractivity contribution is 7.13. The van der Waals surface area contributed by atoms with Crippen LogP contribution in [0, 0.1) is 6.92 Å². The number of nitrogens with one attached hydrogen (secondary N) is 1. The summed E-state index contributed by atoms with van der Waals surface area (Å²) < 4.78 is 0. The van der Waals surface area contributed by atoms with Crippen LogP contribution in [0.2, 0.25) is 0 Å². The monoisotopic (exact) mass is 308 g/mol. The van der Waals surface area contributed by atoms with Crippen molar-refractivity contribution in [3.63, 3.8) is 0 Å². The van der Waals surface area contributed by atoms with E-state index in [0.717, 1.165) is 21.7 Å². The number of aromatic amines is 1. The van der Waals surface area contributed by atoms with E-state index in [1.165, 1.54) is 5.56 Å². The molecule has 0 atom stereocenters. The maximum atomic E-state index is 9.62. The van der Waals surface area contributed by atoms with E-state index in [9.17, 15) is 5.11 Å². The molecule has 0 saturated heterocycles. The number of aryl methyl sites for hydroxylation is 1. The maximum absolute atomic E-state index is 9.62. The van der Waals surface area contributed by atoms with Crippen LogP contribution in [0.3, 0.4) is 0 Å². The number of aromatic hydroxyl groups is 1. The summed E-state index contributed by atoms with van der Waals surface area (Å²) in [6.07, 6.45) is 1.67. The summed E-state index contributed by atoms with van der Waals surface area (Å²) in [7, 11) is 0. The molecule has 5 nitrogen and oxygen atoms in total. The van der Waals surface area contributed by atoms with Gasteiger partial charge in [-0.05, 0) is 36.1 Å². The average Bonchev–Trinajstić information content (AvgIpc) is 3.12. The Bertz CT molecular complexity index is 973. The smallest absolute Gasteiger partial charge is 0.200 e. The van der Waals surface area contributed by atoms with Gasteiger partial charge in [-0.25, -0.2) is 9.97 Å². The summed E-state index contributed by atoms with van der Waals surface area (Å²) in [5, 5.41) is 18.9. The highest BCUT2D eigenvalue weighted by Gasteiger charge is 2.14. The van der Waals surface area contributed by atoms with E-state index in [1.54, 1.807) is 35.7 Å². The lowest BCUT2D eigenvalue weighted by Gasteiger charge is -2.02. The van der Waals surface area contributed by atoms with Gasteiger partial charge in [0.15, 0.2) is 5.65 Å². The van der Waals surface area contributed by atoms with Crippen molar-refractivity contribution in [1.82, 2.24) is 20.2 Å². The van der Waals surface area contributed by atoms with Gasteiger partial charge in [0, 0.05) is 5.56 Å². The van der Waals surface area contributed by atoms with Gasteiger partial charge in [-0.15, -0.1) is 11.3 Å². The number of H-pyrrole nitrogens is 1. The fourth-order valence-corrected chi connectivity index (χ4v) is 3.31. The molecule has 0 radical (unpaired) electrons. The molecule has 0 aliphatic carbocycles. The lowest BCUT2D eigenvalue weighted by Crippen LogP contribution is -1.88. The van der Waals surface area contributed by atoms with Gasteiger partial charge in [-0.3, -0.25) is 5.10 Å². The minimum absolute atomic E-state index is 0.209. The van der Waals surface area contributed by atoms with Crippen LogP contribution in [0.4, 0.5) is 0 Å². The largest absolute Gasteiger partial charge is 0.508 e. The first-order valence-electron chi connectivity index (χ1n) is 6.77. The summed E-state index contributed by atoms with van der Waals surface area (Å²) in [5.74, 6) is 0.209. The Balaban J connectivity index is 1.92. The molecular weight excluding hydrogens is 296 g/mol. The number of hydrogen-bond donors (Lipinski definition) is 2. The predicted molar refractivity (Wildman–Crippen MR) is 86.8 cm³/mol. The Morgan fingerprint density at radius 1 is 1.23 bits per heavy atom. The van der Waals surface area contributed by atoms with E-state index in [1.807, 2.05) is 11.4 Å². The zero-order valence-electron chi connectivity index (χ0n) is 11.7. The maximum Gasteiger partial charge on any atom is 0.200 e. The number of aromatic nitrogens is 4. The Labute approximate surface area is 130 Å². The van der Waals surface area contributed by atoms with E-state index in [0.29, 0.717) is 11.3 Å². The summed E-state index contributed by atoms with van der Waals surface area (Å²) in [6, 6.07) is 9.06. The van der Waals surface area contributed by atoms with E-state index < -0.39 is 0 Å². The number of fused-ring (bicyclic) bond motifs is 1. The fourth-order valence-electron chi connectivity index (χ4n) is 2.39. The average molecular weight is 308 g/mol. The second-order valence-corrected chi connectivity index (χ2v) is 5.93. The van der Waals surface area contributed by atoms with Crippen molar-refractivity contribution in [1.29, 1.82) is 0 Å². The molecule has 0 bridgehead atoms. The van der Waals surface area contributed by atoms with Crippen molar-refractivity contribution in [2.45, 2.75) is 6.92 Å². The van der Waals surface area contributed by atoms with Crippen LogP contribution in [-0.4, -0.2) is 25.3 Å². The molecule has 6 heteroatoms. The first-order chi connectivity index (χ1) is 10.7. The van der Waals surface area contributed by atoms with Crippen molar-refractivity contribution in [2.24, 2.45) is 0 Å².